The molecular formula is C17H18ClNO3. The van der Waals surface area contributed by atoms with E-state index >= 15 is 0 Å². The number of hydrogen-bond acceptors (Lipinski definition) is 3. The highest BCUT2D eigenvalue weighted by Gasteiger charge is 2.11. The van der Waals surface area contributed by atoms with Crippen LogP contribution in [-0.2, 0) is 6.54 Å². The number of aryl methyl sites for hydroxylation is 1. The first kappa shape index (κ1) is 16.2. The first-order valence-electron chi connectivity index (χ1n) is 6.80. The molecule has 0 aromatic heterocycles. The van der Waals surface area contributed by atoms with Crippen LogP contribution in [0.15, 0.2) is 36.4 Å². The molecule has 0 aliphatic heterocycles. The average Bonchev–Trinajstić information content (AvgIpc) is 2.53. The second-order valence-corrected chi connectivity index (χ2v) is 5.26. The van der Waals surface area contributed by atoms with Crippen molar-refractivity contribution in [2.24, 2.45) is 0 Å². The molecule has 5 heteroatoms. The van der Waals surface area contributed by atoms with Gasteiger partial charge in [-0.05, 0) is 30.7 Å². The van der Waals surface area contributed by atoms with Crippen LogP contribution in [0.1, 0.15) is 21.5 Å². The van der Waals surface area contributed by atoms with Gasteiger partial charge in [-0.1, -0.05) is 29.3 Å². The predicted molar refractivity (Wildman–Crippen MR) is 86.9 cm³/mol. The first-order chi connectivity index (χ1) is 10.5. The zero-order valence-corrected chi connectivity index (χ0v) is 13.5. The lowest BCUT2D eigenvalue weighted by Crippen LogP contribution is -2.23. The average molecular weight is 320 g/mol. The van der Waals surface area contributed by atoms with E-state index in [0.29, 0.717) is 28.6 Å². The van der Waals surface area contributed by atoms with Crippen molar-refractivity contribution in [2.45, 2.75) is 13.5 Å². The van der Waals surface area contributed by atoms with Crippen molar-refractivity contribution in [3.63, 3.8) is 0 Å². The third kappa shape index (κ3) is 3.71. The smallest absolute Gasteiger partial charge is 0.251 e. The van der Waals surface area contributed by atoms with Crippen LogP contribution in [0.25, 0.3) is 0 Å². The Bertz CT molecular complexity index is 686. The molecule has 0 spiro atoms. The lowest BCUT2D eigenvalue weighted by atomic mass is 10.1. The highest BCUT2D eigenvalue weighted by molar-refractivity contribution is 6.31. The summed E-state index contributed by atoms with van der Waals surface area (Å²) < 4.78 is 10.4. The van der Waals surface area contributed by atoms with Gasteiger partial charge in [0.15, 0.2) is 11.5 Å². The van der Waals surface area contributed by atoms with Crippen molar-refractivity contribution >= 4 is 17.5 Å². The molecule has 0 radical (unpaired) electrons. The molecule has 1 amide bonds. The fourth-order valence-electron chi connectivity index (χ4n) is 2.10. The number of ether oxygens (including phenoxy) is 2. The fraction of sp³-hybridized carbons (Fsp3) is 0.235. The van der Waals surface area contributed by atoms with Crippen LogP contribution in [0.2, 0.25) is 5.02 Å². The molecule has 0 saturated carbocycles. The molecule has 22 heavy (non-hydrogen) atoms. The Kier molecular flexibility index (Phi) is 5.28. The molecular weight excluding hydrogens is 302 g/mol. The number of carbonyl (C=O) groups is 1. The summed E-state index contributed by atoms with van der Waals surface area (Å²) in [5.41, 5.74) is 2.42. The van der Waals surface area contributed by atoms with E-state index in [-0.39, 0.29) is 5.91 Å². The van der Waals surface area contributed by atoms with Crippen molar-refractivity contribution < 1.29 is 14.3 Å². The lowest BCUT2D eigenvalue weighted by molar-refractivity contribution is 0.0951. The molecule has 0 bridgehead atoms. The van der Waals surface area contributed by atoms with E-state index in [4.69, 9.17) is 21.1 Å². The molecule has 2 rings (SSSR count). The summed E-state index contributed by atoms with van der Waals surface area (Å²) in [6, 6.07) is 10.9. The van der Waals surface area contributed by atoms with Crippen molar-refractivity contribution in [2.75, 3.05) is 14.2 Å². The molecule has 2 aromatic carbocycles. The van der Waals surface area contributed by atoms with Gasteiger partial charge in [-0.15, -0.1) is 0 Å². The largest absolute Gasteiger partial charge is 0.493 e. The van der Waals surface area contributed by atoms with Gasteiger partial charge in [0.2, 0.25) is 0 Å². The third-order valence-corrected chi connectivity index (χ3v) is 3.62. The highest BCUT2D eigenvalue weighted by atomic mass is 35.5. The molecule has 1 N–H and O–H groups in total. The van der Waals surface area contributed by atoms with Crippen molar-refractivity contribution in [3.05, 3.63) is 58.1 Å². The topological polar surface area (TPSA) is 47.6 Å². The van der Waals surface area contributed by atoms with Gasteiger partial charge < -0.3 is 14.8 Å². The maximum Gasteiger partial charge on any atom is 0.251 e. The molecule has 0 aliphatic rings. The maximum absolute atomic E-state index is 12.1. The summed E-state index contributed by atoms with van der Waals surface area (Å²) in [7, 11) is 3.11. The molecule has 4 nitrogen and oxygen atoms in total. The van der Waals surface area contributed by atoms with Crippen LogP contribution < -0.4 is 14.8 Å². The van der Waals surface area contributed by atoms with Crippen molar-refractivity contribution in [1.29, 1.82) is 0 Å². The zero-order valence-electron chi connectivity index (χ0n) is 12.8. The number of methoxy groups -OCH3 is 2. The number of nitrogens with one attached hydrogen (secondary N) is 1. The number of amides is 1. The number of halogens is 1. The summed E-state index contributed by atoms with van der Waals surface area (Å²) >= 11 is 6.20. The number of benzene rings is 2. The Labute approximate surface area is 135 Å². The lowest BCUT2D eigenvalue weighted by Gasteiger charge is -2.12. The predicted octanol–water partition coefficient (Wildman–Crippen LogP) is 3.60. The Morgan fingerprint density at radius 2 is 1.82 bits per heavy atom. The van der Waals surface area contributed by atoms with Gasteiger partial charge in [-0.2, -0.15) is 0 Å². The van der Waals surface area contributed by atoms with Gasteiger partial charge in [-0.3, -0.25) is 4.79 Å². The van der Waals surface area contributed by atoms with Crippen LogP contribution in [0.4, 0.5) is 0 Å². The Balaban J connectivity index is 2.13. The van der Waals surface area contributed by atoms with Crippen LogP contribution in [0, 0.1) is 6.92 Å². The van der Waals surface area contributed by atoms with Crippen molar-refractivity contribution in [3.8, 4) is 11.5 Å². The molecule has 2 aromatic rings. The fourth-order valence-corrected chi connectivity index (χ4v) is 2.32. The van der Waals surface area contributed by atoms with Gasteiger partial charge >= 0.3 is 0 Å². The summed E-state index contributed by atoms with van der Waals surface area (Å²) in [5, 5.41) is 3.37. The first-order valence-corrected chi connectivity index (χ1v) is 7.18. The van der Waals surface area contributed by atoms with Gasteiger partial charge in [0.25, 0.3) is 5.91 Å². The second-order valence-electron chi connectivity index (χ2n) is 4.85. The molecule has 0 aliphatic carbocycles. The van der Waals surface area contributed by atoms with Crippen LogP contribution in [0.3, 0.4) is 0 Å². The van der Waals surface area contributed by atoms with Crippen LogP contribution in [0.5, 0.6) is 11.5 Å². The molecule has 0 unspecified atom stereocenters. The summed E-state index contributed by atoms with van der Waals surface area (Å²) in [5.74, 6) is 0.988. The minimum absolute atomic E-state index is 0.144. The van der Waals surface area contributed by atoms with E-state index in [9.17, 15) is 4.79 Å². The highest BCUT2D eigenvalue weighted by Crippen LogP contribution is 2.32. The molecule has 116 valence electrons. The Morgan fingerprint density at radius 1 is 1.14 bits per heavy atom. The van der Waals surface area contributed by atoms with E-state index in [1.54, 1.807) is 32.4 Å². The molecule has 0 heterocycles. The Hall–Kier alpha value is -2.20. The summed E-state index contributed by atoms with van der Waals surface area (Å²) in [6.07, 6.45) is 0. The van der Waals surface area contributed by atoms with E-state index in [2.05, 4.69) is 5.32 Å². The number of rotatable bonds is 5. The number of carbonyl (C=O) groups excluding carboxylic acids is 1. The standard InChI is InChI=1S/C17H18ClNO3/c1-11-5-4-6-12(7-11)17(20)19-10-13-8-15(21-2)16(22-3)9-14(13)18/h4-9H,10H2,1-3H3,(H,19,20). The minimum atomic E-state index is -0.144. The SMILES string of the molecule is COc1cc(Cl)c(CNC(=O)c2cccc(C)c2)cc1OC. The second kappa shape index (κ2) is 7.18. The molecule has 0 atom stereocenters. The normalized spacial score (nSPS) is 10.2. The van der Waals surface area contributed by atoms with Gasteiger partial charge in [0.05, 0.1) is 14.2 Å². The molecule has 0 saturated heterocycles. The van der Waals surface area contributed by atoms with E-state index in [1.165, 1.54) is 0 Å². The van der Waals surface area contributed by atoms with Crippen LogP contribution in [-0.4, -0.2) is 20.1 Å². The zero-order chi connectivity index (χ0) is 16.1. The van der Waals surface area contributed by atoms with Crippen molar-refractivity contribution in [1.82, 2.24) is 5.32 Å². The minimum Gasteiger partial charge on any atom is -0.493 e. The summed E-state index contributed by atoms with van der Waals surface area (Å²) in [4.78, 5) is 12.1. The van der Waals surface area contributed by atoms with E-state index < -0.39 is 0 Å². The van der Waals surface area contributed by atoms with E-state index in [0.717, 1.165) is 11.1 Å². The Morgan fingerprint density at radius 3 is 2.45 bits per heavy atom. The number of hydrogen-bond donors (Lipinski definition) is 1. The molecule has 0 fully saturated rings. The quantitative estimate of drug-likeness (QED) is 0.916. The summed E-state index contributed by atoms with van der Waals surface area (Å²) in [6.45, 7) is 2.26. The van der Waals surface area contributed by atoms with Gasteiger partial charge in [-0.25, -0.2) is 0 Å². The van der Waals surface area contributed by atoms with Gasteiger partial charge in [0, 0.05) is 23.2 Å². The maximum atomic E-state index is 12.1. The van der Waals surface area contributed by atoms with Crippen LogP contribution >= 0.6 is 11.6 Å². The van der Waals surface area contributed by atoms with E-state index in [1.807, 2.05) is 25.1 Å². The van der Waals surface area contributed by atoms with Gasteiger partial charge in [0.1, 0.15) is 0 Å². The monoisotopic (exact) mass is 319 g/mol. The third-order valence-electron chi connectivity index (χ3n) is 3.27.